The van der Waals surface area contributed by atoms with E-state index in [1.165, 1.54) is 0 Å². The van der Waals surface area contributed by atoms with Crippen molar-refractivity contribution in [1.29, 1.82) is 0 Å². The van der Waals surface area contributed by atoms with Crippen molar-refractivity contribution in [3.63, 3.8) is 0 Å². The Balaban J connectivity index is 1.33. The molecule has 1 aliphatic heterocycles. The number of ether oxygens (including phenoxy) is 1. The number of anilines is 1. The van der Waals surface area contributed by atoms with Crippen molar-refractivity contribution in [2.75, 3.05) is 18.6 Å². The average Bonchev–Trinajstić information content (AvgIpc) is 3.43. The topological polar surface area (TPSA) is 84.7 Å². The third-order valence-corrected chi connectivity index (χ3v) is 4.95. The van der Waals surface area contributed by atoms with Crippen molar-refractivity contribution in [1.82, 2.24) is 10.3 Å². The molecule has 0 bridgehead atoms. The zero-order valence-electron chi connectivity index (χ0n) is 16.0. The third-order valence-electron chi connectivity index (χ3n) is 4.95. The first-order chi connectivity index (χ1) is 14.1. The van der Waals surface area contributed by atoms with E-state index in [2.05, 4.69) is 10.3 Å². The Morgan fingerprint density at radius 3 is 2.72 bits per heavy atom. The van der Waals surface area contributed by atoms with E-state index in [0.29, 0.717) is 18.8 Å². The zero-order valence-corrected chi connectivity index (χ0v) is 16.0. The van der Waals surface area contributed by atoms with Gasteiger partial charge in [-0.1, -0.05) is 6.07 Å². The van der Waals surface area contributed by atoms with E-state index in [-0.39, 0.29) is 24.2 Å². The summed E-state index contributed by atoms with van der Waals surface area (Å²) in [6, 6.07) is 14.6. The van der Waals surface area contributed by atoms with Crippen LogP contribution >= 0.6 is 0 Å². The van der Waals surface area contributed by atoms with Gasteiger partial charge in [-0.2, -0.15) is 0 Å². The fraction of sp³-hybridized carbons (Fsp3) is 0.227. The van der Waals surface area contributed by atoms with Gasteiger partial charge < -0.3 is 19.4 Å². The summed E-state index contributed by atoms with van der Waals surface area (Å²) in [6.45, 7) is 0.726. The minimum atomic E-state index is -0.375. The maximum Gasteiger partial charge on any atom is 0.227 e. The summed E-state index contributed by atoms with van der Waals surface area (Å²) in [5, 5.41) is 2.90. The summed E-state index contributed by atoms with van der Waals surface area (Å²) in [5.74, 6) is 0.856. The molecule has 1 unspecified atom stereocenters. The van der Waals surface area contributed by atoms with E-state index < -0.39 is 0 Å². The standard InChI is InChI=1S/C22H21N3O4/c1-28-18-7-5-17(6-8-18)25-14-16(11-21(25)26)22(27)24-13-15-4-9-19(23-12-15)20-3-2-10-29-20/h2-10,12,16H,11,13-14H2,1H3,(H,24,27). The van der Waals surface area contributed by atoms with Crippen LogP contribution in [0.2, 0.25) is 0 Å². The Morgan fingerprint density at radius 1 is 1.24 bits per heavy atom. The number of amides is 2. The minimum absolute atomic E-state index is 0.0558. The molecule has 29 heavy (non-hydrogen) atoms. The highest BCUT2D eigenvalue weighted by molar-refractivity contribution is 6.00. The first kappa shape index (κ1) is 18.7. The zero-order chi connectivity index (χ0) is 20.2. The normalized spacial score (nSPS) is 16.1. The highest BCUT2D eigenvalue weighted by atomic mass is 16.5. The van der Waals surface area contributed by atoms with Crippen molar-refractivity contribution in [3.05, 3.63) is 66.6 Å². The lowest BCUT2D eigenvalue weighted by molar-refractivity contribution is -0.126. The second-order valence-electron chi connectivity index (χ2n) is 6.85. The summed E-state index contributed by atoms with van der Waals surface area (Å²) in [6.07, 6.45) is 3.51. The van der Waals surface area contributed by atoms with Crippen molar-refractivity contribution in [3.8, 4) is 17.2 Å². The Labute approximate surface area is 168 Å². The molecule has 0 aliphatic carbocycles. The van der Waals surface area contributed by atoms with Crippen LogP contribution in [0.4, 0.5) is 5.69 Å². The molecular weight excluding hydrogens is 370 g/mol. The van der Waals surface area contributed by atoms with Crippen LogP contribution in [0.3, 0.4) is 0 Å². The lowest BCUT2D eigenvalue weighted by Crippen LogP contribution is -2.32. The van der Waals surface area contributed by atoms with Crippen LogP contribution in [-0.4, -0.2) is 30.5 Å². The Morgan fingerprint density at radius 2 is 2.07 bits per heavy atom. The van der Waals surface area contributed by atoms with Gasteiger partial charge in [-0.25, -0.2) is 0 Å². The molecular formula is C22H21N3O4. The van der Waals surface area contributed by atoms with Gasteiger partial charge in [0.2, 0.25) is 11.8 Å². The first-order valence-electron chi connectivity index (χ1n) is 9.35. The van der Waals surface area contributed by atoms with E-state index in [1.807, 2.05) is 36.4 Å². The van der Waals surface area contributed by atoms with Crippen LogP contribution in [-0.2, 0) is 16.1 Å². The molecule has 0 spiro atoms. The third kappa shape index (κ3) is 4.13. The molecule has 1 aliphatic rings. The molecule has 1 atom stereocenters. The molecule has 1 N–H and O–H groups in total. The van der Waals surface area contributed by atoms with Gasteiger partial charge in [-0.15, -0.1) is 0 Å². The summed E-state index contributed by atoms with van der Waals surface area (Å²) >= 11 is 0. The highest BCUT2D eigenvalue weighted by Gasteiger charge is 2.35. The van der Waals surface area contributed by atoms with Crippen molar-refractivity contribution < 1.29 is 18.7 Å². The van der Waals surface area contributed by atoms with Crippen LogP contribution in [0.25, 0.3) is 11.5 Å². The molecule has 3 aromatic rings. The van der Waals surface area contributed by atoms with E-state index >= 15 is 0 Å². The Bertz CT molecular complexity index is 982. The molecule has 2 amide bonds. The molecule has 1 aromatic carbocycles. The smallest absolute Gasteiger partial charge is 0.227 e. The maximum absolute atomic E-state index is 12.5. The van der Waals surface area contributed by atoms with Crippen molar-refractivity contribution >= 4 is 17.5 Å². The number of rotatable bonds is 6. The molecule has 0 saturated carbocycles. The number of benzene rings is 1. The summed E-state index contributed by atoms with van der Waals surface area (Å²) in [7, 11) is 1.59. The summed E-state index contributed by atoms with van der Waals surface area (Å²) in [4.78, 5) is 30.9. The number of nitrogens with one attached hydrogen (secondary N) is 1. The number of pyridine rings is 1. The molecule has 4 rings (SSSR count). The van der Waals surface area contributed by atoms with Gasteiger partial charge in [0.05, 0.1) is 19.3 Å². The molecule has 7 nitrogen and oxygen atoms in total. The van der Waals surface area contributed by atoms with Crippen LogP contribution in [0.5, 0.6) is 5.75 Å². The predicted molar refractivity (Wildman–Crippen MR) is 107 cm³/mol. The molecule has 1 fully saturated rings. The minimum Gasteiger partial charge on any atom is -0.497 e. The molecule has 3 heterocycles. The van der Waals surface area contributed by atoms with Gasteiger partial charge in [-0.05, 0) is 48.0 Å². The Kier molecular flexibility index (Phi) is 5.29. The fourth-order valence-corrected chi connectivity index (χ4v) is 3.33. The van der Waals surface area contributed by atoms with Crippen molar-refractivity contribution in [2.45, 2.75) is 13.0 Å². The van der Waals surface area contributed by atoms with E-state index in [4.69, 9.17) is 9.15 Å². The average molecular weight is 391 g/mol. The summed E-state index contributed by atoms with van der Waals surface area (Å²) < 4.78 is 10.5. The van der Waals surface area contributed by atoms with E-state index in [0.717, 1.165) is 22.7 Å². The van der Waals surface area contributed by atoms with Crippen LogP contribution in [0.1, 0.15) is 12.0 Å². The van der Waals surface area contributed by atoms with Crippen LogP contribution in [0, 0.1) is 5.92 Å². The fourth-order valence-electron chi connectivity index (χ4n) is 3.33. The molecule has 2 aromatic heterocycles. The van der Waals surface area contributed by atoms with Gasteiger partial charge in [0, 0.05) is 31.4 Å². The lowest BCUT2D eigenvalue weighted by Gasteiger charge is -2.17. The monoisotopic (exact) mass is 391 g/mol. The number of methoxy groups -OCH3 is 1. The van der Waals surface area contributed by atoms with Crippen LogP contribution in [0.15, 0.2) is 65.4 Å². The highest BCUT2D eigenvalue weighted by Crippen LogP contribution is 2.27. The van der Waals surface area contributed by atoms with Gasteiger partial charge in [0.1, 0.15) is 11.4 Å². The number of carbonyl (C=O) groups excluding carboxylic acids is 2. The lowest BCUT2D eigenvalue weighted by atomic mass is 10.1. The predicted octanol–water partition coefficient (Wildman–Crippen LogP) is 3.02. The Hall–Kier alpha value is -3.61. The molecule has 148 valence electrons. The molecule has 7 heteroatoms. The van der Waals surface area contributed by atoms with E-state index in [9.17, 15) is 9.59 Å². The molecule has 1 saturated heterocycles. The molecule has 0 radical (unpaired) electrons. The number of nitrogens with zero attached hydrogens (tertiary/aromatic N) is 2. The van der Waals surface area contributed by atoms with Gasteiger partial charge >= 0.3 is 0 Å². The number of furan rings is 1. The first-order valence-corrected chi connectivity index (χ1v) is 9.35. The quantitative estimate of drug-likeness (QED) is 0.698. The largest absolute Gasteiger partial charge is 0.497 e. The van der Waals surface area contributed by atoms with Gasteiger partial charge in [0.15, 0.2) is 5.76 Å². The number of carbonyl (C=O) groups is 2. The van der Waals surface area contributed by atoms with Gasteiger partial charge in [0.25, 0.3) is 0 Å². The van der Waals surface area contributed by atoms with Gasteiger partial charge in [-0.3, -0.25) is 14.6 Å². The summed E-state index contributed by atoms with van der Waals surface area (Å²) in [5.41, 5.74) is 2.38. The SMILES string of the molecule is COc1ccc(N2CC(C(=O)NCc3ccc(-c4ccco4)nc3)CC2=O)cc1. The van der Waals surface area contributed by atoms with Crippen LogP contribution < -0.4 is 15.0 Å². The number of aromatic nitrogens is 1. The van der Waals surface area contributed by atoms with E-state index in [1.54, 1.807) is 36.6 Å². The second kappa shape index (κ2) is 8.18. The maximum atomic E-state index is 12.5. The number of hydrogen-bond donors (Lipinski definition) is 1. The van der Waals surface area contributed by atoms with Crippen molar-refractivity contribution in [2.24, 2.45) is 5.92 Å². The number of hydrogen-bond acceptors (Lipinski definition) is 5. The second-order valence-corrected chi connectivity index (χ2v) is 6.85.